The SMILES string of the molecule is CCN(CC)Cc1ccc(C(=O)NCc2cc(OC)c(OC)c(OC)c2)cc1. The fraction of sp³-hybridized carbons (Fsp3) is 0.409. The van der Waals surface area contributed by atoms with Crippen LogP contribution in [0.3, 0.4) is 0 Å². The molecule has 0 bridgehead atoms. The number of hydrogen-bond acceptors (Lipinski definition) is 5. The van der Waals surface area contributed by atoms with Crippen molar-refractivity contribution in [1.82, 2.24) is 10.2 Å². The molecule has 0 aliphatic heterocycles. The largest absolute Gasteiger partial charge is 0.493 e. The Balaban J connectivity index is 2.04. The molecule has 28 heavy (non-hydrogen) atoms. The first-order chi connectivity index (χ1) is 13.6. The summed E-state index contributed by atoms with van der Waals surface area (Å²) in [5, 5.41) is 2.94. The molecule has 6 nitrogen and oxygen atoms in total. The Bertz CT molecular complexity index is 746. The molecule has 0 spiro atoms. The number of ether oxygens (including phenoxy) is 3. The summed E-state index contributed by atoms with van der Waals surface area (Å²) in [7, 11) is 4.70. The van der Waals surface area contributed by atoms with Gasteiger partial charge in [0.25, 0.3) is 5.91 Å². The van der Waals surface area contributed by atoms with Crippen molar-refractivity contribution >= 4 is 5.91 Å². The van der Waals surface area contributed by atoms with Crippen LogP contribution >= 0.6 is 0 Å². The zero-order valence-electron chi connectivity index (χ0n) is 17.4. The molecule has 0 unspecified atom stereocenters. The monoisotopic (exact) mass is 386 g/mol. The van der Waals surface area contributed by atoms with Gasteiger partial charge in [-0.3, -0.25) is 9.69 Å². The van der Waals surface area contributed by atoms with E-state index in [2.05, 4.69) is 24.1 Å². The molecule has 0 atom stereocenters. The topological polar surface area (TPSA) is 60.0 Å². The summed E-state index contributed by atoms with van der Waals surface area (Å²) in [6, 6.07) is 11.4. The molecule has 0 aliphatic rings. The van der Waals surface area contributed by atoms with Crippen molar-refractivity contribution in [2.24, 2.45) is 0 Å². The number of carbonyl (C=O) groups is 1. The van der Waals surface area contributed by atoms with Gasteiger partial charge in [-0.25, -0.2) is 0 Å². The fourth-order valence-corrected chi connectivity index (χ4v) is 2.99. The van der Waals surface area contributed by atoms with Crippen LogP contribution in [0.25, 0.3) is 0 Å². The van der Waals surface area contributed by atoms with Crippen LogP contribution in [0, 0.1) is 0 Å². The van der Waals surface area contributed by atoms with E-state index in [-0.39, 0.29) is 5.91 Å². The van der Waals surface area contributed by atoms with Crippen molar-refractivity contribution in [2.45, 2.75) is 26.9 Å². The van der Waals surface area contributed by atoms with E-state index in [0.717, 1.165) is 25.2 Å². The highest BCUT2D eigenvalue weighted by molar-refractivity contribution is 5.94. The van der Waals surface area contributed by atoms with Crippen molar-refractivity contribution in [3.05, 3.63) is 53.1 Å². The second-order valence-electron chi connectivity index (χ2n) is 6.37. The number of methoxy groups -OCH3 is 3. The molecule has 152 valence electrons. The Morgan fingerprint density at radius 1 is 0.893 bits per heavy atom. The Morgan fingerprint density at radius 3 is 1.93 bits per heavy atom. The van der Waals surface area contributed by atoms with Gasteiger partial charge in [-0.2, -0.15) is 0 Å². The van der Waals surface area contributed by atoms with Gasteiger partial charge in [0, 0.05) is 18.7 Å². The Hall–Kier alpha value is -2.73. The summed E-state index contributed by atoms with van der Waals surface area (Å²) in [5.41, 5.74) is 2.70. The smallest absolute Gasteiger partial charge is 0.251 e. The molecule has 0 radical (unpaired) electrons. The van der Waals surface area contributed by atoms with E-state index in [1.54, 1.807) is 21.3 Å². The van der Waals surface area contributed by atoms with Crippen molar-refractivity contribution in [3.8, 4) is 17.2 Å². The summed E-state index contributed by atoms with van der Waals surface area (Å²) in [5.74, 6) is 1.53. The maximum absolute atomic E-state index is 12.5. The minimum atomic E-state index is -0.122. The highest BCUT2D eigenvalue weighted by Crippen LogP contribution is 2.38. The Kier molecular flexibility index (Phi) is 8.14. The molecule has 0 saturated carbocycles. The number of carbonyl (C=O) groups excluding carboxylic acids is 1. The van der Waals surface area contributed by atoms with Gasteiger partial charge in [-0.1, -0.05) is 26.0 Å². The van der Waals surface area contributed by atoms with Crippen molar-refractivity contribution in [1.29, 1.82) is 0 Å². The van der Waals surface area contributed by atoms with Gasteiger partial charge in [0.2, 0.25) is 5.75 Å². The van der Waals surface area contributed by atoms with Gasteiger partial charge in [0.1, 0.15) is 0 Å². The molecule has 2 aromatic rings. The zero-order chi connectivity index (χ0) is 20.5. The number of rotatable bonds is 10. The summed E-state index contributed by atoms with van der Waals surface area (Å²) in [6.45, 7) is 7.56. The lowest BCUT2D eigenvalue weighted by atomic mass is 10.1. The first-order valence-corrected chi connectivity index (χ1v) is 9.44. The van der Waals surface area contributed by atoms with Gasteiger partial charge >= 0.3 is 0 Å². The number of benzene rings is 2. The molecule has 0 fully saturated rings. The van der Waals surface area contributed by atoms with Crippen molar-refractivity contribution < 1.29 is 19.0 Å². The molecule has 0 aliphatic carbocycles. The molecule has 0 aromatic heterocycles. The minimum absolute atomic E-state index is 0.122. The maximum Gasteiger partial charge on any atom is 0.251 e. The average molecular weight is 386 g/mol. The minimum Gasteiger partial charge on any atom is -0.493 e. The van der Waals surface area contributed by atoms with Gasteiger partial charge in [-0.15, -0.1) is 0 Å². The van der Waals surface area contributed by atoms with E-state index in [1.807, 2.05) is 36.4 Å². The molecule has 2 rings (SSSR count). The summed E-state index contributed by atoms with van der Waals surface area (Å²) >= 11 is 0. The van der Waals surface area contributed by atoms with Gasteiger partial charge in [-0.05, 0) is 48.5 Å². The first-order valence-electron chi connectivity index (χ1n) is 9.44. The molecule has 0 heterocycles. The third-order valence-electron chi connectivity index (χ3n) is 4.69. The number of hydrogen-bond donors (Lipinski definition) is 1. The molecular formula is C22H30N2O4. The Morgan fingerprint density at radius 2 is 1.46 bits per heavy atom. The molecule has 2 aromatic carbocycles. The van der Waals surface area contributed by atoms with Crippen LogP contribution in [0.5, 0.6) is 17.2 Å². The predicted octanol–water partition coefficient (Wildman–Crippen LogP) is 3.48. The quantitative estimate of drug-likeness (QED) is 0.677. The maximum atomic E-state index is 12.5. The van der Waals surface area contributed by atoms with Crippen molar-refractivity contribution in [3.63, 3.8) is 0 Å². The second kappa shape index (κ2) is 10.6. The molecule has 6 heteroatoms. The van der Waals surface area contributed by atoms with Crippen LogP contribution in [0.1, 0.15) is 35.3 Å². The van der Waals surface area contributed by atoms with Crippen LogP contribution in [-0.2, 0) is 13.1 Å². The molecule has 1 N–H and O–H groups in total. The van der Waals surface area contributed by atoms with E-state index < -0.39 is 0 Å². The first kappa shape index (κ1) is 21.6. The van der Waals surface area contributed by atoms with E-state index in [9.17, 15) is 4.79 Å². The third kappa shape index (κ3) is 5.39. The highest BCUT2D eigenvalue weighted by atomic mass is 16.5. The van der Waals surface area contributed by atoms with E-state index in [4.69, 9.17) is 14.2 Å². The fourth-order valence-electron chi connectivity index (χ4n) is 2.99. The normalized spacial score (nSPS) is 10.6. The summed E-state index contributed by atoms with van der Waals surface area (Å²) in [4.78, 5) is 14.8. The zero-order valence-corrected chi connectivity index (χ0v) is 17.4. The highest BCUT2D eigenvalue weighted by Gasteiger charge is 2.14. The van der Waals surface area contributed by atoms with Crippen LogP contribution in [0.4, 0.5) is 0 Å². The average Bonchev–Trinajstić information content (AvgIpc) is 2.75. The lowest BCUT2D eigenvalue weighted by Gasteiger charge is -2.18. The standard InChI is InChI=1S/C22H30N2O4/c1-6-24(7-2)15-16-8-10-18(11-9-16)22(25)23-14-17-12-19(26-3)21(28-5)20(13-17)27-4/h8-13H,6-7,14-15H2,1-5H3,(H,23,25). The van der Waals surface area contributed by atoms with Gasteiger partial charge < -0.3 is 19.5 Å². The van der Waals surface area contributed by atoms with Crippen LogP contribution < -0.4 is 19.5 Å². The van der Waals surface area contributed by atoms with Crippen molar-refractivity contribution in [2.75, 3.05) is 34.4 Å². The Labute approximate surface area is 167 Å². The number of amides is 1. The number of nitrogens with zero attached hydrogens (tertiary/aromatic N) is 1. The summed E-state index contributed by atoms with van der Waals surface area (Å²) in [6.07, 6.45) is 0. The molecule has 0 saturated heterocycles. The predicted molar refractivity (Wildman–Crippen MR) is 110 cm³/mol. The van der Waals surface area contributed by atoms with E-state index in [0.29, 0.717) is 29.4 Å². The van der Waals surface area contributed by atoms with Crippen LogP contribution in [-0.4, -0.2) is 45.2 Å². The van der Waals surface area contributed by atoms with Crippen LogP contribution in [0.15, 0.2) is 36.4 Å². The van der Waals surface area contributed by atoms with E-state index in [1.165, 1.54) is 5.56 Å². The second-order valence-corrected chi connectivity index (χ2v) is 6.37. The molecule has 1 amide bonds. The summed E-state index contributed by atoms with van der Waals surface area (Å²) < 4.78 is 16.0. The number of nitrogens with one attached hydrogen (secondary N) is 1. The lowest BCUT2D eigenvalue weighted by Crippen LogP contribution is -2.23. The lowest BCUT2D eigenvalue weighted by molar-refractivity contribution is 0.0951. The van der Waals surface area contributed by atoms with Gasteiger partial charge in [0.05, 0.1) is 21.3 Å². The van der Waals surface area contributed by atoms with Gasteiger partial charge in [0.15, 0.2) is 11.5 Å². The van der Waals surface area contributed by atoms with E-state index >= 15 is 0 Å². The molecular weight excluding hydrogens is 356 g/mol. The van der Waals surface area contributed by atoms with Crippen LogP contribution in [0.2, 0.25) is 0 Å². The third-order valence-corrected chi connectivity index (χ3v) is 4.69.